The van der Waals surface area contributed by atoms with Crippen molar-refractivity contribution in [3.63, 3.8) is 0 Å². The highest BCUT2D eigenvalue weighted by atomic mass is 32.1. The van der Waals surface area contributed by atoms with Crippen molar-refractivity contribution in [2.45, 2.75) is 118 Å². The first kappa shape index (κ1) is 35.8. The van der Waals surface area contributed by atoms with Crippen molar-refractivity contribution in [3.8, 4) is 0 Å². The van der Waals surface area contributed by atoms with Crippen molar-refractivity contribution in [1.82, 2.24) is 15.3 Å². The Hall–Kier alpha value is -2.18. The summed E-state index contributed by atoms with van der Waals surface area (Å²) in [5.74, 6) is 1.04. The molecule has 38 heavy (non-hydrogen) atoms. The number of rotatable bonds is 8. The Bertz CT molecular complexity index is 948. The number of hydrogen-bond donors (Lipinski definition) is 3. The van der Waals surface area contributed by atoms with Crippen molar-refractivity contribution in [3.05, 3.63) is 58.3 Å². The van der Waals surface area contributed by atoms with Crippen molar-refractivity contribution in [1.29, 1.82) is 0 Å². The predicted molar refractivity (Wildman–Crippen MR) is 168 cm³/mol. The fourth-order valence-corrected chi connectivity index (χ4v) is 4.58. The lowest BCUT2D eigenvalue weighted by molar-refractivity contribution is -0.117. The van der Waals surface area contributed by atoms with Crippen LogP contribution in [0.1, 0.15) is 121 Å². The third kappa shape index (κ3) is 14.7. The first-order chi connectivity index (χ1) is 18.2. The molecule has 0 radical (unpaired) electrons. The lowest BCUT2D eigenvalue weighted by Gasteiger charge is -2.25. The molecule has 6 heteroatoms. The third-order valence-electron chi connectivity index (χ3n) is 6.07. The van der Waals surface area contributed by atoms with E-state index in [0.717, 1.165) is 61.0 Å². The molecule has 0 saturated carbocycles. The van der Waals surface area contributed by atoms with Gasteiger partial charge in [0.15, 0.2) is 0 Å². The van der Waals surface area contributed by atoms with Gasteiger partial charge in [0.1, 0.15) is 5.78 Å². The van der Waals surface area contributed by atoms with Gasteiger partial charge in [0, 0.05) is 35.1 Å². The summed E-state index contributed by atoms with van der Waals surface area (Å²) in [5.41, 5.74) is 12.8. The zero-order valence-corrected chi connectivity index (χ0v) is 26.3. The van der Waals surface area contributed by atoms with Crippen molar-refractivity contribution in [2.75, 3.05) is 13.1 Å². The monoisotopic (exact) mass is 542 g/mol. The van der Waals surface area contributed by atoms with Gasteiger partial charge in [-0.05, 0) is 107 Å². The Morgan fingerprint density at radius 3 is 2.21 bits per heavy atom. The third-order valence-corrected chi connectivity index (χ3v) is 6.47. The summed E-state index contributed by atoms with van der Waals surface area (Å²) >= 11 is 4.36. The van der Waals surface area contributed by atoms with Crippen molar-refractivity contribution < 1.29 is 4.79 Å². The Labute approximate surface area is 238 Å². The number of aryl methyl sites for hydroxylation is 2. The van der Waals surface area contributed by atoms with Crippen LogP contribution in [0.3, 0.4) is 0 Å². The van der Waals surface area contributed by atoms with Gasteiger partial charge in [0.25, 0.3) is 0 Å². The molecule has 0 amide bonds. The summed E-state index contributed by atoms with van der Waals surface area (Å²) in [7, 11) is 0. The molecule has 2 aromatic rings. The van der Waals surface area contributed by atoms with E-state index in [4.69, 9.17) is 5.73 Å². The number of thiol groups is 1. The molecular formula is C32H54N4OS. The largest absolute Gasteiger partial charge is 0.402 e. The van der Waals surface area contributed by atoms with Gasteiger partial charge in [0.05, 0.1) is 5.69 Å². The number of carbonyl (C=O) groups is 1. The molecule has 1 fully saturated rings. The van der Waals surface area contributed by atoms with Gasteiger partial charge in [-0.1, -0.05) is 47.5 Å². The molecule has 3 rings (SSSR count). The van der Waals surface area contributed by atoms with Crippen LogP contribution in [0.15, 0.2) is 35.1 Å². The Morgan fingerprint density at radius 1 is 1.08 bits per heavy atom. The number of carbonyl (C=O) groups excluding carboxylic acids is 1. The number of Topliss-reactive ketones (excluding diaryl/α,β-unsaturated/α-hetero) is 1. The van der Waals surface area contributed by atoms with Crippen LogP contribution in [0.5, 0.6) is 0 Å². The number of ketones is 1. The molecule has 2 aromatic heterocycles. The molecule has 3 heterocycles. The molecule has 1 aliphatic rings. The summed E-state index contributed by atoms with van der Waals surface area (Å²) in [6, 6.07) is 4.29. The number of piperidine rings is 1. The second-order valence-electron chi connectivity index (χ2n) is 9.57. The molecular weight excluding hydrogens is 488 g/mol. The SMILES string of the molecule is CC.CCCC(C)=O.CCCc1c(C2CCNCC2)ccnc1C.CCCc1cc(/C=C(/C)N)ncc1S. The number of nitrogens with zero attached hydrogens (tertiary/aromatic N) is 2. The van der Waals surface area contributed by atoms with Gasteiger partial charge in [-0.15, -0.1) is 12.6 Å². The van der Waals surface area contributed by atoms with Crippen LogP contribution in [-0.2, 0) is 17.6 Å². The van der Waals surface area contributed by atoms with E-state index >= 15 is 0 Å². The van der Waals surface area contributed by atoms with E-state index in [0.29, 0.717) is 0 Å². The van der Waals surface area contributed by atoms with E-state index in [1.165, 1.54) is 42.5 Å². The molecule has 0 unspecified atom stereocenters. The first-order valence-corrected chi connectivity index (χ1v) is 14.9. The van der Waals surface area contributed by atoms with E-state index in [1.807, 2.05) is 46.0 Å². The number of pyridine rings is 2. The molecule has 0 spiro atoms. The Morgan fingerprint density at radius 2 is 1.71 bits per heavy atom. The average Bonchev–Trinajstić information content (AvgIpc) is 2.90. The molecule has 0 aromatic carbocycles. The smallest absolute Gasteiger partial charge is 0.129 e. The van der Waals surface area contributed by atoms with Crippen LogP contribution >= 0.6 is 12.6 Å². The van der Waals surface area contributed by atoms with Crippen LogP contribution in [-0.4, -0.2) is 28.8 Å². The zero-order valence-electron chi connectivity index (χ0n) is 25.4. The number of hydrogen-bond acceptors (Lipinski definition) is 6. The maximum Gasteiger partial charge on any atom is 0.129 e. The highest BCUT2D eigenvalue weighted by Crippen LogP contribution is 2.29. The molecule has 0 atom stereocenters. The summed E-state index contributed by atoms with van der Waals surface area (Å²) in [6.45, 7) is 18.3. The highest BCUT2D eigenvalue weighted by Gasteiger charge is 2.18. The van der Waals surface area contributed by atoms with Gasteiger partial charge >= 0.3 is 0 Å². The van der Waals surface area contributed by atoms with Gasteiger partial charge in [0.2, 0.25) is 0 Å². The first-order valence-electron chi connectivity index (χ1n) is 14.5. The van der Waals surface area contributed by atoms with E-state index in [1.54, 1.807) is 18.7 Å². The normalized spacial score (nSPS) is 13.2. The van der Waals surface area contributed by atoms with Gasteiger partial charge < -0.3 is 15.8 Å². The maximum atomic E-state index is 10.0. The molecule has 1 saturated heterocycles. The molecule has 214 valence electrons. The number of aromatic nitrogens is 2. The van der Waals surface area contributed by atoms with E-state index in [9.17, 15) is 4.79 Å². The van der Waals surface area contributed by atoms with Crippen LogP contribution in [0.4, 0.5) is 0 Å². The van der Waals surface area contributed by atoms with E-state index < -0.39 is 0 Å². The Balaban J connectivity index is 0.000000570. The van der Waals surface area contributed by atoms with Crippen molar-refractivity contribution in [2.24, 2.45) is 5.73 Å². The lowest BCUT2D eigenvalue weighted by Crippen LogP contribution is -2.27. The topological polar surface area (TPSA) is 80.9 Å². The highest BCUT2D eigenvalue weighted by molar-refractivity contribution is 7.80. The van der Waals surface area contributed by atoms with Gasteiger partial charge in [-0.3, -0.25) is 9.97 Å². The fourth-order valence-electron chi connectivity index (χ4n) is 4.35. The van der Waals surface area contributed by atoms with E-state index in [2.05, 4.69) is 54.8 Å². The fraction of sp³-hybridized carbons (Fsp3) is 0.594. The summed E-state index contributed by atoms with van der Waals surface area (Å²) in [6.07, 6.45) is 14.4. The minimum Gasteiger partial charge on any atom is -0.402 e. The molecule has 0 aliphatic carbocycles. The number of nitrogens with two attached hydrogens (primary N) is 1. The number of nitrogens with one attached hydrogen (secondary N) is 1. The molecule has 0 bridgehead atoms. The second kappa shape index (κ2) is 21.7. The minimum atomic E-state index is 0.289. The molecule has 1 aliphatic heterocycles. The number of allylic oxidation sites excluding steroid dienone is 1. The van der Waals surface area contributed by atoms with Crippen LogP contribution in [0.25, 0.3) is 6.08 Å². The predicted octanol–water partition coefficient (Wildman–Crippen LogP) is 7.85. The molecule has 3 N–H and O–H groups in total. The van der Waals surface area contributed by atoms with Gasteiger partial charge in [-0.25, -0.2) is 0 Å². The summed E-state index contributed by atoms with van der Waals surface area (Å²) < 4.78 is 0. The lowest BCUT2D eigenvalue weighted by atomic mass is 9.86. The summed E-state index contributed by atoms with van der Waals surface area (Å²) in [4.78, 5) is 19.7. The quantitative estimate of drug-likeness (QED) is 0.296. The average molecular weight is 543 g/mol. The standard InChI is InChI=1S/C14H22N2.C11H16N2S.C5H10O.C2H6/c1-3-4-13-11(2)16-10-7-14(13)12-5-8-15-9-6-12;1-3-4-9-6-10(5-8(2)12)13-7-11(9)14;1-3-4-5(2)6;1-2/h7,10,12,15H,3-6,8-9H2,1-2H3;5-7,14H,3-4,12H2,1-2H3;3-4H2,1-2H3;1-2H3/b;8-5-;;. The van der Waals surface area contributed by atoms with Crippen molar-refractivity contribution >= 4 is 24.5 Å². The van der Waals surface area contributed by atoms with Crippen LogP contribution in [0.2, 0.25) is 0 Å². The molecule has 5 nitrogen and oxygen atoms in total. The second-order valence-corrected chi connectivity index (χ2v) is 10.0. The van der Waals surface area contributed by atoms with Crippen LogP contribution in [0, 0.1) is 6.92 Å². The summed E-state index contributed by atoms with van der Waals surface area (Å²) in [5, 5.41) is 3.43. The van der Waals surface area contributed by atoms with E-state index in [-0.39, 0.29) is 5.78 Å². The van der Waals surface area contributed by atoms with Crippen LogP contribution < -0.4 is 11.1 Å². The van der Waals surface area contributed by atoms with Gasteiger partial charge in [-0.2, -0.15) is 0 Å². The zero-order chi connectivity index (χ0) is 28.9. The minimum absolute atomic E-state index is 0.289. The Kier molecular flexibility index (Phi) is 20.5. The maximum absolute atomic E-state index is 10.0.